The van der Waals surface area contributed by atoms with Gasteiger partial charge in [0.1, 0.15) is 5.75 Å². The van der Waals surface area contributed by atoms with E-state index >= 15 is 0 Å². The summed E-state index contributed by atoms with van der Waals surface area (Å²) in [5.41, 5.74) is 0.791. The Morgan fingerprint density at radius 3 is 2.42 bits per heavy atom. The molecule has 0 bridgehead atoms. The van der Waals surface area contributed by atoms with Crippen LogP contribution >= 0.6 is 11.6 Å². The highest BCUT2D eigenvalue weighted by molar-refractivity contribution is 7.89. The first-order valence-corrected chi connectivity index (χ1v) is 9.72. The highest BCUT2D eigenvalue weighted by atomic mass is 35.5. The highest BCUT2D eigenvalue weighted by Crippen LogP contribution is 2.19. The molecule has 0 aliphatic heterocycles. The SMILES string of the molecule is CC(NC(=O)COc1cccc(Cl)c1)c1ccc(S(=O)(=O)N(C)C)cc1. The van der Waals surface area contributed by atoms with E-state index in [4.69, 9.17) is 16.3 Å². The maximum atomic E-state index is 12.1. The van der Waals surface area contributed by atoms with Gasteiger partial charge in [0.15, 0.2) is 6.61 Å². The molecule has 6 nitrogen and oxygen atoms in total. The maximum absolute atomic E-state index is 12.1. The summed E-state index contributed by atoms with van der Waals surface area (Å²) in [5.74, 6) is 0.223. The number of ether oxygens (including phenoxy) is 1. The molecule has 0 aromatic heterocycles. The standard InChI is InChI=1S/C18H21ClN2O4S/c1-13(14-7-9-17(10-8-14)26(23,24)21(2)3)20-18(22)12-25-16-6-4-5-15(19)11-16/h4-11,13H,12H2,1-3H3,(H,20,22). The molecule has 2 aromatic rings. The van der Waals surface area contributed by atoms with Gasteiger partial charge >= 0.3 is 0 Å². The Hall–Kier alpha value is -2.09. The van der Waals surface area contributed by atoms with Crippen LogP contribution in [-0.2, 0) is 14.8 Å². The summed E-state index contributed by atoms with van der Waals surface area (Å²) in [7, 11) is -0.514. The van der Waals surface area contributed by atoms with Crippen LogP contribution in [0.2, 0.25) is 5.02 Å². The molecule has 1 N–H and O–H groups in total. The van der Waals surface area contributed by atoms with E-state index in [1.807, 2.05) is 6.92 Å². The second-order valence-corrected chi connectivity index (χ2v) is 8.48. The van der Waals surface area contributed by atoms with Gasteiger partial charge in [0.2, 0.25) is 10.0 Å². The number of halogens is 1. The van der Waals surface area contributed by atoms with Gasteiger partial charge in [-0.25, -0.2) is 12.7 Å². The molecule has 1 unspecified atom stereocenters. The summed E-state index contributed by atoms with van der Waals surface area (Å²) in [6, 6.07) is 12.9. The Morgan fingerprint density at radius 1 is 1.19 bits per heavy atom. The lowest BCUT2D eigenvalue weighted by Gasteiger charge is -2.16. The summed E-state index contributed by atoms with van der Waals surface area (Å²) in [6.45, 7) is 1.67. The first kappa shape index (κ1) is 20.2. The quantitative estimate of drug-likeness (QED) is 0.780. The lowest BCUT2D eigenvalue weighted by molar-refractivity contribution is -0.123. The summed E-state index contributed by atoms with van der Waals surface area (Å²) < 4.78 is 30.7. The van der Waals surface area contributed by atoms with E-state index < -0.39 is 10.0 Å². The van der Waals surface area contributed by atoms with Gasteiger partial charge in [-0.1, -0.05) is 29.8 Å². The molecule has 0 saturated carbocycles. The predicted octanol–water partition coefficient (Wildman–Crippen LogP) is 2.85. The van der Waals surface area contributed by atoms with Gasteiger partial charge in [0.25, 0.3) is 5.91 Å². The molecule has 0 aliphatic carbocycles. The maximum Gasteiger partial charge on any atom is 0.258 e. The van der Waals surface area contributed by atoms with E-state index in [0.717, 1.165) is 9.87 Å². The number of benzene rings is 2. The van der Waals surface area contributed by atoms with Crippen molar-refractivity contribution in [2.24, 2.45) is 0 Å². The highest BCUT2D eigenvalue weighted by Gasteiger charge is 2.17. The van der Waals surface area contributed by atoms with Gasteiger partial charge < -0.3 is 10.1 Å². The number of sulfonamides is 1. The van der Waals surface area contributed by atoms with E-state index in [1.54, 1.807) is 36.4 Å². The van der Waals surface area contributed by atoms with Crippen molar-refractivity contribution >= 4 is 27.5 Å². The minimum atomic E-state index is -3.47. The van der Waals surface area contributed by atoms with Crippen molar-refractivity contribution < 1.29 is 17.9 Å². The van der Waals surface area contributed by atoms with Crippen molar-refractivity contribution in [1.29, 1.82) is 0 Å². The summed E-state index contributed by atoms with van der Waals surface area (Å²) in [5, 5.41) is 3.34. The normalized spacial score (nSPS) is 12.7. The van der Waals surface area contributed by atoms with Crippen LogP contribution in [0.3, 0.4) is 0 Å². The molecule has 1 amide bonds. The number of carbonyl (C=O) groups is 1. The summed E-state index contributed by atoms with van der Waals surface area (Å²) in [4.78, 5) is 12.2. The third-order valence-corrected chi connectivity index (χ3v) is 5.77. The van der Waals surface area contributed by atoms with Gasteiger partial charge in [-0.15, -0.1) is 0 Å². The zero-order valence-corrected chi connectivity index (χ0v) is 16.3. The number of hydrogen-bond donors (Lipinski definition) is 1. The molecule has 26 heavy (non-hydrogen) atoms. The Balaban J connectivity index is 1.94. The lowest BCUT2D eigenvalue weighted by atomic mass is 10.1. The van der Waals surface area contributed by atoms with Crippen molar-refractivity contribution in [2.75, 3.05) is 20.7 Å². The van der Waals surface area contributed by atoms with Crippen molar-refractivity contribution in [1.82, 2.24) is 9.62 Å². The number of amides is 1. The molecular weight excluding hydrogens is 376 g/mol. The van der Waals surface area contributed by atoms with E-state index in [2.05, 4.69) is 5.32 Å². The van der Waals surface area contributed by atoms with Gasteiger partial charge in [0.05, 0.1) is 10.9 Å². The average molecular weight is 397 g/mol. The Bertz CT molecular complexity index is 867. The smallest absolute Gasteiger partial charge is 0.258 e. The van der Waals surface area contributed by atoms with Crippen LogP contribution < -0.4 is 10.1 Å². The molecule has 2 rings (SSSR count). The molecule has 0 spiro atoms. The molecule has 1 atom stereocenters. The molecule has 140 valence electrons. The van der Waals surface area contributed by atoms with Crippen molar-refractivity contribution in [3.63, 3.8) is 0 Å². The summed E-state index contributed by atoms with van der Waals surface area (Å²) >= 11 is 5.86. The lowest BCUT2D eigenvalue weighted by Crippen LogP contribution is -2.31. The van der Waals surface area contributed by atoms with Crippen LogP contribution in [0.5, 0.6) is 5.75 Å². The van der Waals surface area contributed by atoms with Crippen molar-refractivity contribution in [3.05, 3.63) is 59.1 Å². The largest absolute Gasteiger partial charge is 0.484 e. The fourth-order valence-corrected chi connectivity index (χ4v) is 3.29. The topological polar surface area (TPSA) is 75.7 Å². The first-order chi connectivity index (χ1) is 12.2. The van der Waals surface area contributed by atoms with E-state index in [-0.39, 0.29) is 23.5 Å². The number of carbonyl (C=O) groups excluding carboxylic acids is 1. The second-order valence-electron chi connectivity index (χ2n) is 5.89. The van der Waals surface area contributed by atoms with Crippen LogP contribution in [0, 0.1) is 0 Å². The number of hydrogen-bond acceptors (Lipinski definition) is 4. The Labute approximate surface area is 158 Å². The fourth-order valence-electron chi connectivity index (χ4n) is 2.21. The Kier molecular flexibility index (Phi) is 6.63. The van der Waals surface area contributed by atoms with E-state index in [1.165, 1.54) is 26.2 Å². The molecule has 0 fully saturated rings. The van der Waals surface area contributed by atoms with Crippen LogP contribution in [0.15, 0.2) is 53.4 Å². The predicted molar refractivity (Wildman–Crippen MR) is 101 cm³/mol. The van der Waals surface area contributed by atoms with E-state index in [0.29, 0.717) is 10.8 Å². The first-order valence-electron chi connectivity index (χ1n) is 7.90. The summed E-state index contributed by atoms with van der Waals surface area (Å²) in [6.07, 6.45) is 0. The number of nitrogens with zero attached hydrogens (tertiary/aromatic N) is 1. The molecule has 8 heteroatoms. The molecule has 2 aromatic carbocycles. The second kappa shape index (κ2) is 8.53. The van der Waals surface area contributed by atoms with Gasteiger partial charge in [-0.05, 0) is 42.8 Å². The molecule has 0 aliphatic rings. The zero-order chi connectivity index (χ0) is 19.3. The minimum Gasteiger partial charge on any atom is -0.484 e. The minimum absolute atomic E-state index is 0.141. The number of nitrogens with one attached hydrogen (secondary N) is 1. The molecule has 0 saturated heterocycles. The molecular formula is C18H21ClN2O4S. The van der Waals surface area contributed by atoms with Gasteiger partial charge in [-0.2, -0.15) is 0 Å². The fraction of sp³-hybridized carbons (Fsp3) is 0.278. The zero-order valence-electron chi connectivity index (χ0n) is 14.8. The van der Waals surface area contributed by atoms with Crippen molar-refractivity contribution in [2.45, 2.75) is 17.9 Å². The van der Waals surface area contributed by atoms with Crippen molar-refractivity contribution in [3.8, 4) is 5.75 Å². The van der Waals surface area contributed by atoms with Crippen LogP contribution in [0.4, 0.5) is 0 Å². The van der Waals surface area contributed by atoms with Crippen LogP contribution in [0.25, 0.3) is 0 Å². The molecule has 0 radical (unpaired) electrons. The Morgan fingerprint density at radius 2 is 1.85 bits per heavy atom. The average Bonchev–Trinajstić information content (AvgIpc) is 2.60. The van der Waals surface area contributed by atoms with Crippen LogP contribution in [0.1, 0.15) is 18.5 Å². The van der Waals surface area contributed by atoms with E-state index in [9.17, 15) is 13.2 Å². The third-order valence-electron chi connectivity index (χ3n) is 3.70. The van der Waals surface area contributed by atoms with Crippen LogP contribution in [-0.4, -0.2) is 39.3 Å². The third kappa shape index (κ3) is 5.20. The van der Waals surface area contributed by atoms with Gasteiger partial charge in [0, 0.05) is 19.1 Å². The monoisotopic (exact) mass is 396 g/mol. The van der Waals surface area contributed by atoms with Gasteiger partial charge in [-0.3, -0.25) is 4.79 Å². The molecule has 0 heterocycles. The number of rotatable bonds is 7.